The van der Waals surface area contributed by atoms with Crippen LogP contribution in [0.4, 0.5) is 0 Å². The summed E-state index contributed by atoms with van der Waals surface area (Å²) in [5.74, 6) is -0.835. The molecule has 0 aromatic rings. The molecule has 4 nitrogen and oxygen atoms in total. The number of amides is 1. The Labute approximate surface area is 64.3 Å². The first-order valence-electron chi connectivity index (χ1n) is 3.32. The van der Waals surface area contributed by atoms with E-state index >= 15 is 0 Å². The van der Waals surface area contributed by atoms with Gasteiger partial charge in [-0.15, -0.1) is 0 Å². The molecule has 0 fully saturated rings. The molecule has 0 aromatic carbocycles. The summed E-state index contributed by atoms with van der Waals surface area (Å²) in [6.07, 6.45) is 0. The number of nitriles is 1. The van der Waals surface area contributed by atoms with Crippen molar-refractivity contribution in [3.8, 4) is 6.07 Å². The summed E-state index contributed by atoms with van der Waals surface area (Å²) in [5.41, 5.74) is 0.164. The zero-order valence-electron chi connectivity index (χ0n) is 6.16. The Bertz CT molecular complexity index is 262. The average Bonchev–Trinajstić information content (AvgIpc) is 2.30. The normalized spacial score (nSPS) is 17.5. The van der Waals surface area contributed by atoms with Gasteiger partial charge in [0.25, 0.3) is 5.91 Å². The Kier molecular flexibility index (Phi) is 1.81. The average molecular weight is 152 g/mol. The van der Waals surface area contributed by atoms with Gasteiger partial charge in [-0.1, -0.05) is 0 Å². The van der Waals surface area contributed by atoms with Crippen molar-refractivity contribution in [2.24, 2.45) is 0 Å². The van der Waals surface area contributed by atoms with Gasteiger partial charge in [0, 0.05) is 6.54 Å². The van der Waals surface area contributed by atoms with E-state index in [1.807, 2.05) is 0 Å². The zero-order valence-corrected chi connectivity index (χ0v) is 6.16. The molecule has 1 amide bonds. The molecule has 1 aliphatic rings. The lowest BCUT2D eigenvalue weighted by Crippen LogP contribution is -2.26. The second kappa shape index (κ2) is 2.62. The number of rotatable bonds is 1. The van der Waals surface area contributed by atoms with Crippen LogP contribution >= 0.6 is 0 Å². The van der Waals surface area contributed by atoms with Crippen molar-refractivity contribution >= 4 is 5.91 Å². The maximum atomic E-state index is 11.0. The lowest BCUT2D eigenvalue weighted by atomic mass is 10.3. The topological polar surface area (TPSA) is 64.3 Å². The number of carbonyl (C=O) groups is 1. The highest BCUT2D eigenvalue weighted by atomic mass is 16.3. The monoisotopic (exact) mass is 152 g/mol. The molecule has 0 radical (unpaired) electrons. The van der Waals surface area contributed by atoms with Crippen molar-refractivity contribution in [2.75, 3.05) is 13.1 Å². The molecule has 0 unspecified atom stereocenters. The first-order chi connectivity index (χ1) is 5.20. The van der Waals surface area contributed by atoms with E-state index in [4.69, 9.17) is 10.4 Å². The fourth-order valence-electron chi connectivity index (χ4n) is 0.960. The molecule has 0 spiro atoms. The third kappa shape index (κ3) is 1.05. The quantitative estimate of drug-likeness (QED) is 0.583. The smallest absolute Gasteiger partial charge is 0.290 e. The number of aliphatic hydroxyl groups excluding tert-OH is 1. The Morgan fingerprint density at radius 3 is 2.73 bits per heavy atom. The fourth-order valence-corrected chi connectivity index (χ4v) is 0.960. The highest BCUT2D eigenvalue weighted by Crippen LogP contribution is 2.14. The van der Waals surface area contributed by atoms with Crippen LogP contribution in [0.1, 0.15) is 6.92 Å². The Balaban J connectivity index is 2.88. The summed E-state index contributed by atoms with van der Waals surface area (Å²) in [6.45, 7) is 2.57. The van der Waals surface area contributed by atoms with Crippen LogP contribution in [0.2, 0.25) is 0 Å². The highest BCUT2D eigenvalue weighted by Gasteiger charge is 2.28. The lowest BCUT2D eigenvalue weighted by molar-refractivity contribution is -0.127. The standard InChI is InChI=1S/C7H8N2O2/c1-2-9-4-5(3-8)6(10)7(9)11/h10H,2,4H2,1H3. The third-order valence-corrected chi connectivity index (χ3v) is 1.64. The molecular weight excluding hydrogens is 144 g/mol. The summed E-state index contributed by atoms with van der Waals surface area (Å²) in [6, 6.07) is 1.78. The predicted molar refractivity (Wildman–Crippen MR) is 37.5 cm³/mol. The van der Waals surface area contributed by atoms with E-state index in [9.17, 15) is 4.79 Å². The number of hydrogen-bond acceptors (Lipinski definition) is 3. The number of aliphatic hydroxyl groups is 1. The second-order valence-corrected chi connectivity index (χ2v) is 2.26. The van der Waals surface area contributed by atoms with Gasteiger partial charge in [0.1, 0.15) is 6.07 Å². The zero-order chi connectivity index (χ0) is 8.43. The largest absolute Gasteiger partial charge is 0.502 e. The van der Waals surface area contributed by atoms with Crippen molar-refractivity contribution in [1.29, 1.82) is 5.26 Å². The van der Waals surface area contributed by atoms with Gasteiger partial charge in [0.05, 0.1) is 12.1 Å². The summed E-state index contributed by atoms with van der Waals surface area (Å²) in [5, 5.41) is 17.4. The van der Waals surface area contributed by atoms with Gasteiger partial charge in [-0.25, -0.2) is 0 Å². The molecule has 0 atom stereocenters. The van der Waals surface area contributed by atoms with Crippen molar-refractivity contribution in [3.63, 3.8) is 0 Å². The minimum atomic E-state index is -0.441. The van der Waals surface area contributed by atoms with E-state index < -0.39 is 11.7 Å². The van der Waals surface area contributed by atoms with Crippen molar-refractivity contribution in [3.05, 3.63) is 11.3 Å². The number of nitrogens with zero attached hydrogens (tertiary/aromatic N) is 2. The van der Waals surface area contributed by atoms with Gasteiger partial charge in [-0.2, -0.15) is 5.26 Å². The van der Waals surface area contributed by atoms with Crippen LogP contribution in [-0.2, 0) is 4.79 Å². The highest BCUT2D eigenvalue weighted by molar-refractivity contribution is 5.95. The molecule has 1 heterocycles. The van der Waals surface area contributed by atoms with Crippen LogP contribution in [0.5, 0.6) is 0 Å². The van der Waals surface area contributed by atoms with Gasteiger partial charge in [-0.05, 0) is 6.92 Å². The Morgan fingerprint density at radius 1 is 1.82 bits per heavy atom. The summed E-state index contributed by atoms with van der Waals surface area (Å²) < 4.78 is 0. The molecule has 11 heavy (non-hydrogen) atoms. The van der Waals surface area contributed by atoms with Gasteiger partial charge in [-0.3, -0.25) is 4.79 Å². The van der Waals surface area contributed by atoms with E-state index in [1.54, 1.807) is 13.0 Å². The SMILES string of the molecule is CCN1CC(C#N)=C(O)C1=O. The molecular formula is C7H8N2O2. The van der Waals surface area contributed by atoms with E-state index in [2.05, 4.69) is 0 Å². The first kappa shape index (κ1) is 7.61. The van der Waals surface area contributed by atoms with E-state index in [-0.39, 0.29) is 12.1 Å². The number of carbonyl (C=O) groups excluding carboxylic acids is 1. The summed E-state index contributed by atoms with van der Waals surface area (Å²) in [7, 11) is 0. The maximum absolute atomic E-state index is 11.0. The van der Waals surface area contributed by atoms with E-state index in [1.165, 1.54) is 4.90 Å². The van der Waals surface area contributed by atoms with Crippen LogP contribution in [0.3, 0.4) is 0 Å². The van der Waals surface area contributed by atoms with Gasteiger partial charge < -0.3 is 10.0 Å². The van der Waals surface area contributed by atoms with Crippen molar-refractivity contribution in [1.82, 2.24) is 4.90 Å². The Hall–Kier alpha value is -1.50. The van der Waals surface area contributed by atoms with E-state index in [0.29, 0.717) is 6.54 Å². The predicted octanol–water partition coefficient (Wildman–Crippen LogP) is 0.184. The fraction of sp³-hybridized carbons (Fsp3) is 0.429. The molecule has 0 saturated carbocycles. The van der Waals surface area contributed by atoms with Crippen LogP contribution in [0.25, 0.3) is 0 Å². The number of hydrogen-bond donors (Lipinski definition) is 1. The summed E-state index contributed by atoms with van der Waals surface area (Å²) in [4.78, 5) is 12.4. The van der Waals surface area contributed by atoms with Crippen LogP contribution in [0, 0.1) is 11.3 Å². The minimum Gasteiger partial charge on any atom is -0.502 e. The molecule has 58 valence electrons. The van der Waals surface area contributed by atoms with Gasteiger partial charge in [0.15, 0.2) is 5.76 Å². The maximum Gasteiger partial charge on any atom is 0.290 e. The Morgan fingerprint density at radius 2 is 2.45 bits per heavy atom. The van der Waals surface area contributed by atoms with Crippen LogP contribution in [0.15, 0.2) is 11.3 Å². The van der Waals surface area contributed by atoms with Gasteiger partial charge >= 0.3 is 0 Å². The van der Waals surface area contributed by atoms with Crippen molar-refractivity contribution in [2.45, 2.75) is 6.92 Å². The van der Waals surface area contributed by atoms with Crippen molar-refractivity contribution < 1.29 is 9.90 Å². The molecule has 1 aliphatic heterocycles. The lowest BCUT2D eigenvalue weighted by Gasteiger charge is -2.10. The molecule has 4 heteroatoms. The number of likely N-dealkylation sites (N-methyl/N-ethyl adjacent to an activating group) is 1. The summed E-state index contributed by atoms with van der Waals surface area (Å²) >= 11 is 0. The molecule has 0 aliphatic carbocycles. The third-order valence-electron chi connectivity index (χ3n) is 1.64. The first-order valence-corrected chi connectivity index (χ1v) is 3.32. The molecule has 0 saturated heterocycles. The second-order valence-electron chi connectivity index (χ2n) is 2.26. The molecule has 1 N–H and O–H groups in total. The minimum absolute atomic E-state index is 0.164. The molecule has 0 aromatic heterocycles. The molecule has 0 bridgehead atoms. The van der Waals surface area contributed by atoms with Gasteiger partial charge in [0.2, 0.25) is 0 Å². The van der Waals surface area contributed by atoms with Crippen LogP contribution < -0.4 is 0 Å². The molecule has 1 rings (SSSR count). The van der Waals surface area contributed by atoms with E-state index in [0.717, 1.165) is 0 Å². The van der Waals surface area contributed by atoms with Crippen LogP contribution in [-0.4, -0.2) is 29.0 Å².